The minimum absolute atomic E-state index is 0.175. The molecule has 32 heavy (non-hydrogen) atoms. The van der Waals surface area contributed by atoms with E-state index in [1.165, 1.54) is 17.4 Å². The summed E-state index contributed by atoms with van der Waals surface area (Å²) in [5, 5.41) is 12.8. The first-order chi connectivity index (χ1) is 15.5. The minimum Gasteiger partial charge on any atom is -0.495 e. The second-order valence-corrected chi connectivity index (χ2v) is 8.33. The first-order valence-corrected chi connectivity index (χ1v) is 11.9. The van der Waals surface area contributed by atoms with Crippen LogP contribution in [0.3, 0.4) is 0 Å². The van der Waals surface area contributed by atoms with Gasteiger partial charge >= 0.3 is 0 Å². The van der Waals surface area contributed by atoms with Crippen molar-refractivity contribution in [3.63, 3.8) is 0 Å². The molecule has 1 N–H and O–H groups in total. The van der Waals surface area contributed by atoms with E-state index < -0.39 is 0 Å². The Morgan fingerprint density at radius 1 is 1.12 bits per heavy atom. The highest BCUT2D eigenvalue weighted by atomic mass is 35.5. The number of carbonyl (C=O) groups excluding carboxylic acids is 1. The molecule has 0 fully saturated rings. The maximum atomic E-state index is 12.5. The predicted octanol–water partition coefficient (Wildman–Crippen LogP) is 5.20. The summed E-state index contributed by atoms with van der Waals surface area (Å²) in [5.74, 6) is 1.36. The Hall–Kier alpha value is -2.71. The predicted molar refractivity (Wildman–Crippen MR) is 132 cm³/mol. The van der Waals surface area contributed by atoms with Gasteiger partial charge in [-0.25, -0.2) is 0 Å². The summed E-state index contributed by atoms with van der Waals surface area (Å²) < 4.78 is 7.30. The van der Waals surface area contributed by atoms with E-state index in [0.29, 0.717) is 28.2 Å². The molecule has 1 heterocycles. The van der Waals surface area contributed by atoms with Crippen LogP contribution < -0.4 is 15.0 Å². The number of nitrogens with one attached hydrogen (secondary N) is 1. The third-order valence-electron chi connectivity index (χ3n) is 5.06. The highest BCUT2D eigenvalue weighted by Crippen LogP contribution is 2.29. The first-order valence-electron chi connectivity index (χ1n) is 10.5. The number of methoxy groups -OCH3 is 1. The number of ether oxygens (including phenoxy) is 1. The molecule has 7 nitrogen and oxygen atoms in total. The molecule has 0 radical (unpaired) electrons. The largest absolute Gasteiger partial charge is 0.495 e. The molecule has 0 unspecified atom stereocenters. The number of hydrogen-bond acceptors (Lipinski definition) is 6. The number of aromatic nitrogens is 3. The number of anilines is 2. The summed E-state index contributed by atoms with van der Waals surface area (Å²) >= 11 is 7.38. The fourth-order valence-corrected chi connectivity index (χ4v) is 4.37. The van der Waals surface area contributed by atoms with Gasteiger partial charge in [0.05, 0.1) is 18.6 Å². The standard InChI is InChI=1S/C23H28ClN5O2S/c1-5-28(6-2)18-11-8-16(9-12-18)22-26-27-23(29(22)7-3)32-15-21(30)25-19-14-17(24)10-13-20(19)31-4/h8-14H,5-7,15H2,1-4H3,(H,25,30). The number of benzene rings is 2. The quantitative estimate of drug-likeness (QED) is 0.408. The van der Waals surface area contributed by atoms with Crippen LogP contribution in [0.4, 0.5) is 11.4 Å². The van der Waals surface area contributed by atoms with E-state index >= 15 is 0 Å². The zero-order chi connectivity index (χ0) is 23.1. The molecule has 0 saturated carbocycles. The summed E-state index contributed by atoms with van der Waals surface area (Å²) in [4.78, 5) is 14.8. The van der Waals surface area contributed by atoms with E-state index in [2.05, 4.69) is 58.5 Å². The molecule has 2 aromatic carbocycles. The van der Waals surface area contributed by atoms with Crippen molar-refractivity contribution < 1.29 is 9.53 Å². The molecule has 1 aromatic heterocycles. The number of rotatable bonds is 10. The second-order valence-electron chi connectivity index (χ2n) is 6.95. The van der Waals surface area contributed by atoms with Gasteiger partial charge in [-0.2, -0.15) is 0 Å². The van der Waals surface area contributed by atoms with Gasteiger partial charge in [0.2, 0.25) is 5.91 Å². The Morgan fingerprint density at radius 3 is 2.47 bits per heavy atom. The molecule has 1 amide bonds. The maximum absolute atomic E-state index is 12.5. The van der Waals surface area contributed by atoms with Crippen LogP contribution in [-0.4, -0.2) is 46.6 Å². The summed E-state index contributed by atoms with van der Waals surface area (Å²) in [6.45, 7) is 8.96. The number of hydrogen-bond donors (Lipinski definition) is 1. The van der Waals surface area contributed by atoms with Crippen LogP contribution in [0.1, 0.15) is 20.8 Å². The van der Waals surface area contributed by atoms with Crippen molar-refractivity contribution in [1.29, 1.82) is 0 Å². The van der Waals surface area contributed by atoms with E-state index in [1.54, 1.807) is 25.3 Å². The van der Waals surface area contributed by atoms with Crippen molar-refractivity contribution in [3.8, 4) is 17.1 Å². The van der Waals surface area contributed by atoms with E-state index in [-0.39, 0.29) is 11.7 Å². The van der Waals surface area contributed by atoms with Gasteiger partial charge in [0.15, 0.2) is 11.0 Å². The summed E-state index contributed by atoms with van der Waals surface area (Å²) in [5.41, 5.74) is 2.72. The zero-order valence-electron chi connectivity index (χ0n) is 18.8. The summed E-state index contributed by atoms with van der Waals surface area (Å²) in [7, 11) is 1.55. The second kappa shape index (κ2) is 11.2. The Labute approximate surface area is 198 Å². The van der Waals surface area contributed by atoms with E-state index in [9.17, 15) is 4.79 Å². The molecule has 0 aliphatic heterocycles. The fourth-order valence-electron chi connectivity index (χ4n) is 3.40. The lowest BCUT2D eigenvalue weighted by molar-refractivity contribution is -0.113. The lowest BCUT2D eigenvalue weighted by Crippen LogP contribution is -2.21. The molecule has 0 atom stereocenters. The van der Waals surface area contributed by atoms with Crippen molar-refractivity contribution >= 4 is 40.6 Å². The maximum Gasteiger partial charge on any atom is 0.234 e. The van der Waals surface area contributed by atoms with Crippen molar-refractivity contribution in [2.24, 2.45) is 0 Å². The van der Waals surface area contributed by atoms with Gasteiger partial charge in [-0.1, -0.05) is 23.4 Å². The molecular weight excluding hydrogens is 446 g/mol. The van der Waals surface area contributed by atoms with Gasteiger partial charge in [-0.3, -0.25) is 4.79 Å². The average molecular weight is 474 g/mol. The van der Waals surface area contributed by atoms with E-state index in [1.807, 2.05) is 11.5 Å². The SMILES string of the molecule is CCN(CC)c1ccc(-c2nnc(SCC(=O)Nc3cc(Cl)ccc3OC)n2CC)cc1. The number of thioether (sulfide) groups is 1. The Balaban J connectivity index is 1.70. The molecule has 3 rings (SSSR count). The normalized spacial score (nSPS) is 10.8. The number of carbonyl (C=O) groups is 1. The highest BCUT2D eigenvalue weighted by molar-refractivity contribution is 7.99. The van der Waals surface area contributed by atoms with Crippen molar-refractivity contribution in [1.82, 2.24) is 14.8 Å². The fraction of sp³-hybridized carbons (Fsp3) is 0.348. The molecule has 0 saturated heterocycles. The third kappa shape index (κ3) is 5.55. The van der Waals surface area contributed by atoms with E-state index in [0.717, 1.165) is 24.5 Å². The minimum atomic E-state index is -0.175. The third-order valence-corrected chi connectivity index (χ3v) is 6.26. The Morgan fingerprint density at radius 2 is 1.84 bits per heavy atom. The number of amides is 1. The molecule has 3 aromatic rings. The molecular formula is C23H28ClN5O2S. The van der Waals surface area contributed by atoms with Crippen LogP contribution in [0.2, 0.25) is 5.02 Å². The van der Waals surface area contributed by atoms with Gasteiger partial charge in [0.25, 0.3) is 0 Å². The van der Waals surface area contributed by atoms with Crippen LogP contribution in [0.15, 0.2) is 47.6 Å². The summed E-state index contributed by atoms with van der Waals surface area (Å²) in [6.07, 6.45) is 0. The first kappa shape index (κ1) is 23.9. The molecule has 0 aliphatic rings. The number of halogens is 1. The van der Waals surface area contributed by atoms with Crippen molar-refractivity contribution in [2.45, 2.75) is 32.5 Å². The molecule has 0 aliphatic carbocycles. The topological polar surface area (TPSA) is 72.3 Å². The Bertz CT molecular complexity index is 1050. The van der Waals surface area contributed by atoms with Crippen LogP contribution in [0.25, 0.3) is 11.4 Å². The van der Waals surface area contributed by atoms with Gasteiger partial charge in [-0.05, 0) is 63.2 Å². The van der Waals surface area contributed by atoms with Crippen LogP contribution in [0.5, 0.6) is 5.75 Å². The molecule has 0 bridgehead atoms. The highest BCUT2D eigenvalue weighted by Gasteiger charge is 2.16. The van der Waals surface area contributed by atoms with Gasteiger partial charge < -0.3 is 19.5 Å². The lowest BCUT2D eigenvalue weighted by Gasteiger charge is -2.21. The zero-order valence-corrected chi connectivity index (χ0v) is 20.3. The van der Waals surface area contributed by atoms with Crippen LogP contribution in [-0.2, 0) is 11.3 Å². The van der Waals surface area contributed by atoms with Gasteiger partial charge in [-0.15, -0.1) is 10.2 Å². The van der Waals surface area contributed by atoms with Gasteiger partial charge in [0.1, 0.15) is 5.75 Å². The molecule has 0 spiro atoms. The van der Waals surface area contributed by atoms with Crippen LogP contribution >= 0.6 is 23.4 Å². The molecule has 9 heteroatoms. The van der Waals surface area contributed by atoms with Crippen molar-refractivity contribution in [3.05, 3.63) is 47.5 Å². The Kier molecular flexibility index (Phi) is 8.41. The van der Waals surface area contributed by atoms with Crippen molar-refractivity contribution in [2.75, 3.05) is 36.2 Å². The smallest absolute Gasteiger partial charge is 0.234 e. The number of nitrogens with zero attached hydrogens (tertiary/aromatic N) is 4. The van der Waals surface area contributed by atoms with E-state index in [4.69, 9.17) is 16.3 Å². The monoisotopic (exact) mass is 473 g/mol. The van der Waals surface area contributed by atoms with Crippen LogP contribution in [0, 0.1) is 0 Å². The van der Waals surface area contributed by atoms with Gasteiger partial charge in [0, 0.05) is 35.9 Å². The lowest BCUT2D eigenvalue weighted by atomic mass is 10.2. The molecule has 170 valence electrons. The summed E-state index contributed by atoms with van der Waals surface area (Å²) in [6, 6.07) is 13.4. The average Bonchev–Trinajstić information content (AvgIpc) is 3.22.